The van der Waals surface area contributed by atoms with Crippen molar-refractivity contribution in [1.29, 1.82) is 0 Å². The Kier molecular flexibility index (Phi) is 4.80. The summed E-state index contributed by atoms with van der Waals surface area (Å²) < 4.78 is 5.26. The molecule has 1 aromatic rings. The van der Waals surface area contributed by atoms with Crippen LogP contribution in [0.1, 0.15) is 19.4 Å². The van der Waals surface area contributed by atoms with Gasteiger partial charge < -0.3 is 15.0 Å². The molecule has 0 aromatic heterocycles. The van der Waals surface area contributed by atoms with E-state index < -0.39 is 0 Å². The van der Waals surface area contributed by atoms with E-state index in [1.54, 1.807) is 0 Å². The van der Waals surface area contributed by atoms with Crippen LogP contribution in [0.2, 0.25) is 0 Å². The molecule has 2 rings (SSSR count). The fourth-order valence-corrected chi connectivity index (χ4v) is 2.25. The number of morpholine rings is 1. The lowest BCUT2D eigenvalue weighted by molar-refractivity contribution is -0.135. The van der Waals surface area contributed by atoms with E-state index in [9.17, 15) is 4.79 Å². The van der Waals surface area contributed by atoms with E-state index in [4.69, 9.17) is 4.74 Å². The van der Waals surface area contributed by atoms with Gasteiger partial charge in [-0.3, -0.25) is 4.79 Å². The number of hydrogen-bond donors (Lipinski definition) is 1. The molecule has 1 heterocycles. The van der Waals surface area contributed by atoms with Crippen molar-refractivity contribution in [1.82, 2.24) is 4.90 Å². The zero-order valence-electron chi connectivity index (χ0n) is 11.7. The number of carbonyl (C=O) groups excluding carboxylic acids is 1. The highest BCUT2D eigenvalue weighted by Crippen LogP contribution is 2.13. The molecular weight excluding hydrogens is 240 g/mol. The Balaban J connectivity index is 1.95. The van der Waals surface area contributed by atoms with Crippen LogP contribution in [0.15, 0.2) is 24.3 Å². The first kappa shape index (κ1) is 13.9. The highest BCUT2D eigenvalue weighted by molar-refractivity contribution is 5.84. The Bertz CT molecular complexity index is 428. The number of anilines is 1. The molecule has 0 spiro atoms. The van der Waals surface area contributed by atoms with Gasteiger partial charge in [0.15, 0.2) is 0 Å². The maximum absolute atomic E-state index is 12.3. The first-order valence-electron chi connectivity index (χ1n) is 6.92. The average Bonchev–Trinajstić information content (AvgIpc) is 2.47. The summed E-state index contributed by atoms with van der Waals surface area (Å²) >= 11 is 0. The van der Waals surface area contributed by atoms with Gasteiger partial charge in [-0.25, -0.2) is 0 Å². The topological polar surface area (TPSA) is 41.6 Å². The van der Waals surface area contributed by atoms with Crippen LogP contribution in [0.3, 0.4) is 0 Å². The third-order valence-electron chi connectivity index (χ3n) is 3.41. The van der Waals surface area contributed by atoms with Crippen molar-refractivity contribution in [2.75, 3.05) is 31.6 Å². The molecule has 1 aliphatic heterocycles. The molecule has 1 saturated heterocycles. The van der Waals surface area contributed by atoms with E-state index in [1.807, 2.05) is 24.0 Å². The van der Waals surface area contributed by atoms with Crippen LogP contribution in [0.25, 0.3) is 0 Å². The summed E-state index contributed by atoms with van der Waals surface area (Å²) in [6.07, 6.45) is 1.00. The van der Waals surface area contributed by atoms with Crippen molar-refractivity contribution in [2.24, 2.45) is 0 Å². The molecule has 0 radical (unpaired) electrons. The van der Waals surface area contributed by atoms with Gasteiger partial charge in [-0.2, -0.15) is 0 Å². The van der Waals surface area contributed by atoms with E-state index >= 15 is 0 Å². The van der Waals surface area contributed by atoms with Gasteiger partial charge in [-0.1, -0.05) is 19.1 Å². The Morgan fingerprint density at radius 1 is 1.42 bits per heavy atom. The summed E-state index contributed by atoms with van der Waals surface area (Å²) in [5, 5.41) is 3.28. The third kappa shape index (κ3) is 3.70. The Labute approximate surface area is 114 Å². The first-order chi connectivity index (χ1) is 9.20. The van der Waals surface area contributed by atoms with Crippen molar-refractivity contribution in [3.05, 3.63) is 29.8 Å². The van der Waals surface area contributed by atoms with Crippen LogP contribution in [0.4, 0.5) is 5.69 Å². The van der Waals surface area contributed by atoms with Gasteiger partial charge in [0.25, 0.3) is 0 Å². The number of rotatable bonds is 4. The summed E-state index contributed by atoms with van der Waals surface area (Å²) in [6, 6.07) is 8.02. The fraction of sp³-hybridized carbons (Fsp3) is 0.533. The number of amides is 1. The van der Waals surface area contributed by atoms with Crippen LogP contribution in [-0.2, 0) is 16.0 Å². The van der Waals surface area contributed by atoms with Crippen molar-refractivity contribution < 1.29 is 9.53 Å². The molecule has 1 aliphatic rings. The number of hydrogen-bond acceptors (Lipinski definition) is 3. The molecular formula is C15H22N2O2. The SMILES string of the molecule is CCc1cccc(NC(C)C(=O)N2CCOCC2)c1. The zero-order chi connectivity index (χ0) is 13.7. The van der Waals surface area contributed by atoms with Crippen LogP contribution in [-0.4, -0.2) is 43.2 Å². The van der Waals surface area contributed by atoms with Gasteiger partial charge in [-0.15, -0.1) is 0 Å². The number of nitrogens with one attached hydrogen (secondary N) is 1. The number of aryl methyl sites for hydroxylation is 1. The zero-order valence-corrected chi connectivity index (χ0v) is 11.7. The summed E-state index contributed by atoms with van der Waals surface area (Å²) in [6.45, 7) is 6.71. The predicted octanol–water partition coefficient (Wildman–Crippen LogP) is 1.91. The molecule has 0 saturated carbocycles. The van der Waals surface area contributed by atoms with Gasteiger partial charge in [-0.05, 0) is 31.0 Å². The molecule has 19 heavy (non-hydrogen) atoms. The summed E-state index contributed by atoms with van der Waals surface area (Å²) in [4.78, 5) is 14.1. The number of carbonyl (C=O) groups is 1. The van der Waals surface area contributed by atoms with Crippen molar-refractivity contribution in [3.63, 3.8) is 0 Å². The van der Waals surface area contributed by atoms with E-state index in [1.165, 1.54) is 5.56 Å². The van der Waals surface area contributed by atoms with Crippen LogP contribution < -0.4 is 5.32 Å². The van der Waals surface area contributed by atoms with E-state index in [0.29, 0.717) is 26.3 Å². The molecule has 1 unspecified atom stereocenters. The van der Waals surface area contributed by atoms with E-state index in [2.05, 4.69) is 24.4 Å². The Hall–Kier alpha value is -1.55. The van der Waals surface area contributed by atoms with Gasteiger partial charge in [0.05, 0.1) is 13.2 Å². The normalized spacial score (nSPS) is 17.1. The van der Waals surface area contributed by atoms with Crippen molar-refractivity contribution in [3.8, 4) is 0 Å². The van der Waals surface area contributed by atoms with Crippen molar-refractivity contribution >= 4 is 11.6 Å². The summed E-state index contributed by atoms with van der Waals surface area (Å²) in [7, 11) is 0. The van der Waals surface area contributed by atoms with Crippen molar-refractivity contribution in [2.45, 2.75) is 26.3 Å². The monoisotopic (exact) mass is 262 g/mol. The van der Waals surface area contributed by atoms with E-state index in [0.717, 1.165) is 12.1 Å². The lowest BCUT2D eigenvalue weighted by Crippen LogP contribution is -2.46. The molecule has 1 atom stereocenters. The minimum absolute atomic E-state index is 0.144. The van der Waals surface area contributed by atoms with Crippen LogP contribution in [0, 0.1) is 0 Å². The molecule has 1 amide bonds. The number of benzene rings is 1. The lowest BCUT2D eigenvalue weighted by Gasteiger charge is -2.29. The molecule has 4 nitrogen and oxygen atoms in total. The first-order valence-corrected chi connectivity index (χ1v) is 6.92. The average molecular weight is 262 g/mol. The lowest BCUT2D eigenvalue weighted by atomic mass is 10.1. The smallest absolute Gasteiger partial charge is 0.244 e. The Morgan fingerprint density at radius 3 is 2.84 bits per heavy atom. The standard InChI is InChI=1S/C15H22N2O2/c1-3-13-5-4-6-14(11-13)16-12(2)15(18)17-7-9-19-10-8-17/h4-6,11-12,16H,3,7-10H2,1-2H3. The minimum atomic E-state index is -0.204. The highest BCUT2D eigenvalue weighted by atomic mass is 16.5. The van der Waals surface area contributed by atoms with E-state index in [-0.39, 0.29) is 11.9 Å². The van der Waals surface area contributed by atoms with Gasteiger partial charge in [0.1, 0.15) is 6.04 Å². The third-order valence-corrected chi connectivity index (χ3v) is 3.41. The predicted molar refractivity (Wildman–Crippen MR) is 76.3 cm³/mol. The number of ether oxygens (including phenoxy) is 1. The van der Waals surface area contributed by atoms with Gasteiger partial charge in [0, 0.05) is 18.8 Å². The molecule has 1 aromatic carbocycles. The number of nitrogens with zero attached hydrogens (tertiary/aromatic N) is 1. The van der Waals surface area contributed by atoms with Crippen LogP contribution >= 0.6 is 0 Å². The minimum Gasteiger partial charge on any atom is -0.378 e. The quantitative estimate of drug-likeness (QED) is 0.901. The highest BCUT2D eigenvalue weighted by Gasteiger charge is 2.22. The molecule has 1 fully saturated rings. The second kappa shape index (κ2) is 6.57. The second-order valence-electron chi connectivity index (χ2n) is 4.86. The van der Waals surface area contributed by atoms with Gasteiger partial charge in [0.2, 0.25) is 5.91 Å². The van der Waals surface area contributed by atoms with Gasteiger partial charge >= 0.3 is 0 Å². The Morgan fingerprint density at radius 2 is 2.16 bits per heavy atom. The maximum Gasteiger partial charge on any atom is 0.244 e. The molecule has 0 aliphatic carbocycles. The van der Waals surface area contributed by atoms with Crippen LogP contribution in [0.5, 0.6) is 0 Å². The maximum atomic E-state index is 12.3. The summed E-state index contributed by atoms with van der Waals surface area (Å²) in [5.41, 5.74) is 2.28. The second-order valence-corrected chi connectivity index (χ2v) is 4.86. The molecule has 0 bridgehead atoms. The molecule has 104 valence electrons. The molecule has 1 N–H and O–H groups in total. The molecule has 4 heteroatoms. The fourth-order valence-electron chi connectivity index (χ4n) is 2.25. The largest absolute Gasteiger partial charge is 0.378 e. The summed E-state index contributed by atoms with van der Waals surface area (Å²) in [5.74, 6) is 0.144.